The lowest BCUT2D eigenvalue weighted by molar-refractivity contribution is -0.126. The molecule has 1 aliphatic carbocycles. The van der Waals surface area contributed by atoms with Crippen LogP contribution in [0.1, 0.15) is 45.4 Å². The van der Waals surface area contributed by atoms with E-state index in [0.29, 0.717) is 6.04 Å². The molecule has 1 amide bonds. The first-order valence-electron chi connectivity index (χ1n) is 7.52. The van der Waals surface area contributed by atoms with Gasteiger partial charge in [0.2, 0.25) is 5.91 Å². The Morgan fingerprint density at radius 2 is 1.89 bits per heavy atom. The monoisotopic (exact) mass is 289 g/mol. The zero-order valence-electron chi connectivity index (χ0n) is 12.0. The normalized spacial score (nSPS) is 24.1. The smallest absolute Gasteiger partial charge is 0.237 e. The third kappa shape index (κ3) is 5.28. The van der Waals surface area contributed by atoms with Crippen LogP contribution in [0.15, 0.2) is 0 Å². The Balaban J connectivity index is 0.00000180. The fraction of sp³-hybridized carbons (Fsp3) is 0.929. The van der Waals surface area contributed by atoms with Gasteiger partial charge < -0.3 is 10.6 Å². The average Bonchev–Trinajstić information content (AvgIpc) is 2.68. The van der Waals surface area contributed by atoms with Crippen molar-refractivity contribution in [1.82, 2.24) is 15.5 Å². The summed E-state index contributed by atoms with van der Waals surface area (Å²) in [6, 6.07) is 0.450. The third-order valence-corrected chi connectivity index (χ3v) is 4.25. The Labute approximate surface area is 123 Å². The molecule has 0 aromatic carbocycles. The summed E-state index contributed by atoms with van der Waals surface area (Å²) < 4.78 is 0. The Bertz CT molecular complexity index is 261. The van der Waals surface area contributed by atoms with E-state index in [1.54, 1.807) is 0 Å². The molecule has 1 saturated carbocycles. The maximum absolute atomic E-state index is 12.2. The van der Waals surface area contributed by atoms with E-state index >= 15 is 0 Å². The summed E-state index contributed by atoms with van der Waals surface area (Å²) in [6.07, 6.45) is 7.35. The van der Waals surface area contributed by atoms with Gasteiger partial charge in [-0.25, -0.2) is 0 Å². The number of rotatable bonds is 3. The molecule has 4 nitrogen and oxygen atoms in total. The SMILES string of the molecule is CC(C(=O)NC1CCCCC1)N1CCCNCC1.Cl. The van der Waals surface area contributed by atoms with Gasteiger partial charge in [0.25, 0.3) is 0 Å². The van der Waals surface area contributed by atoms with Gasteiger partial charge in [0.05, 0.1) is 6.04 Å². The van der Waals surface area contributed by atoms with Gasteiger partial charge in [0.1, 0.15) is 0 Å². The molecule has 5 heteroatoms. The number of halogens is 1. The third-order valence-electron chi connectivity index (χ3n) is 4.25. The van der Waals surface area contributed by atoms with Crippen molar-refractivity contribution in [3.63, 3.8) is 0 Å². The molecular weight excluding hydrogens is 262 g/mol. The number of nitrogens with zero attached hydrogens (tertiary/aromatic N) is 1. The van der Waals surface area contributed by atoms with Gasteiger partial charge >= 0.3 is 0 Å². The molecule has 0 aromatic heterocycles. The zero-order valence-corrected chi connectivity index (χ0v) is 12.8. The van der Waals surface area contributed by atoms with E-state index in [0.717, 1.165) is 32.6 Å². The van der Waals surface area contributed by atoms with Crippen molar-refractivity contribution < 1.29 is 4.79 Å². The number of hydrogen-bond donors (Lipinski definition) is 2. The zero-order chi connectivity index (χ0) is 12.8. The minimum absolute atomic E-state index is 0. The molecule has 2 rings (SSSR count). The van der Waals surface area contributed by atoms with Crippen molar-refractivity contribution in [2.45, 2.75) is 57.5 Å². The Morgan fingerprint density at radius 3 is 2.63 bits per heavy atom. The maximum Gasteiger partial charge on any atom is 0.237 e. The van der Waals surface area contributed by atoms with Gasteiger partial charge in [-0.1, -0.05) is 19.3 Å². The number of hydrogen-bond acceptors (Lipinski definition) is 3. The summed E-state index contributed by atoms with van der Waals surface area (Å²) in [6.45, 7) is 6.14. The standard InChI is InChI=1S/C14H27N3O.ClH/c1-12(17-10-5-8-15-9-11-17)14(18)16-13-6-3-2-4-7-13;/h12-13,15H,2-11H2,1H3,(H,16,18);1H. The molecule has 1 atom stereocenters. The topological polar surface area (TPSA) is 44.4 Å². The quantitative estimate of drug-likeness (QED) is 0.828. The molecule has 2 N–H and O–H groups in total. The lowest BCUT2D eigenvalue weighted by Crippen LogP contribution is -2.49. The molecule has 0 bridgehead atoms. The van der Waals surface area contributed by atoms with E-state index in [1.165, 1.54) is 32.1 Å². The molecule has 1 heterocycles. The minimum Gasteiger partial charge on any atom is -0.352 e. The molecule has 0 aromatic rings. The fourth-order valence-electron chi connectivity index (χ4n) is 2.99. The molecule has 2 aliphatic rings. The van der Waals surface area contributed by atoms with Gasteiger partial charge in [0.15, 0.2) is 0 Å². The summed E-state index contributed by atoms with van der Waals surface area (Å²) in [7, 11) is 0. The van der Waals surface area contributed by atoms with Crippen molar-refractivity contribution in [1.29, 1.82) is 0 Å². The highest BCUT2D eigenvalue weighted by molar-refractivity contribution is 5.85. The van der Waals surface area contributed by atoms with E-state index in [9.17, 15) is 4.79 Å². The maximum atomic E-state index is 12.2. The number of carbonyl (C=O) groups excluding carboxylic acids is 1. The molecular formula is C14H28ClN3O. The van der Waals surface area contributed by atoms with Crippen LogP contribution in [0, 0.1) is 0 Å². The van der Waals surface area contributed by atoms with Crippen LogP contribution in [-0.4, -0.2) is 49.1 Å². The molecule has 19 heavy (non-hydrogen) atoms. The van der Waals surface area contributed by atoms with Gasteiger partial charge in [-0.05, 0) is 32.7 Å². The van der Waals surface area contributed by atoms with Crippen LogP contribution in [0.25, 0.3) is 0 Å². The lowest BCUT2D eigenvalue weighted by Gasteiger charge is -2.29. The average molecular weight is 290 g/mol. The van der Waals surface area contributed by atoms with Crippen molar-refractivity contribution in [3.05, 3.63) is 0 Å². The van der Waals surface area contributed by atoms with Crippen molar-refractivity contribution in [3.8, 4) is 0 Å². The van der Waals surface area contributed by atoms with Gasteiger partial charge in [-0.15, -0.1) is 12.4 Å². The summed E-state index contributed by atoms with van der Waals surface area (Å²) in [5.41, 5.74) is 0. The van der Waals surface area contributed by atoms with Gasteiger partial charge in [0, 0.05) is 25.7 Å². The number of amides is 1. The van der Waals surface area contributed by atoms with E-state index in [2.05, 4.69) is 15.5 Å². The highest BCUT2D eigenvalue weighted by Gasteiger charge is 2.24. The van der Waals surface area contributed by atoms with Crippen LogP contribution in [0.2, 0.25) is 0 Å². The van der Waals surface area contributed by atoms with Crippen molar-refractivity contribution in [2.75, 3.05) is 26.2 Å². The summed E-state index contributed by atoms with van der Waals surface area (Å²) in [5, 5.41) is 6.61. The van der Waals surface area contributed by atoms with Crippen LogP contribution in [-0.2, 0) is 4.79 Å². The fourth-order valence-corrected chi connectivity index (χ4v) is 2.99. The molecule has 1 aliphatic heterocycles. The molecule has 0 spiro atoms. The first kappa shape index (κ1) is 16.7. The number of nitrogens with one attached hydrogen (secondary N) is 2. The van der Waals surface area contributed by atoms with E-state index in [1.807, 2.05) is 6.92 Å². The van der Waals surface area contributed by atoms with Crippen LogP contribution in [0.4, 0.5) is 0 Å². The second-order valence-electron chi connectivity index (χ2n) is 5.66. The second-order valence-corrected chi connectivity index (χ2v) is 5.66. The molecule has 2 fully saturated rings. The van der Waals surface area contributed by atoms with Gasteiger partial charge in [-0.3, -0.25) is 9.69 Å². The predicted molar refractivity (Wildman–Crippen MR) is 80.8 cm³/mol. The van der Waals surface area contributed by atoms with E-state index in [4.69, 9.17) is 0 Å². The highest BCUT2D eigenvalue weighted by Crippen LogP contribution is 2.17. The Morgan fingerprint density at radius 1 is 1.16 bits per heavy atom. The van der Waals surface area contributed by atoms with Crippen molar-refractivity contribution in [2.24, 2.45) is 0 Å². The first-order chi connectivity index (χ1) is 8.77. The second kappa shape index (κ2) is 8.77. The minimum atomic E-state index is 0. The Kier molecular flexibility index (Phi) is 7.73. The number of carbonyl (C=O) groups is 1. The summed E-state index contributed by atoms with van der Waals surface area (Å²) in [5.74, 6) is 0.226. The van der Waals surface area contributed by atoms with Crippen LogP contribution >= 0.6 is 12.4 Å². The molecule has 1 unspecified atom stereocenters. The van der Waals surface area contributed by atoms with Crippen molar-refractivity contribution >= 4 is 18.3 Å². The molecule has 1 saturated heterocycles. The largest absolute Gasteiger partial charge is 0.352 e. The van der Waals surface area contributed by atoms with E-state index in [-0.39, 0.29) is 24.4 Å². The summed E-state index contributed by atoms with van der Waals surface area (Å²) >= 11 is 0. The van der Waals surface area contributed by atoms with Crippen LogP contribution < -0.4 is 10.6 Å². The Hall–Kier alpha value is -0.320. The summed E-state index contributed by atoms with van der Waals surface area (Å²) in [4.78, 5) is 14.6. The predicted octanol–water partition coefficient (Wildman–Crippen LogP) is 1.54. The lowest BCUT2D eigenvalue weighted by atomic mass is 9.95. The van der Waals surface area contributed by atoms with Crippen LogP contribution in [0.3, 0.4) is 0 Å². The van der Waals surface area contributed by atoms with Gasteiger partial charge in [-0.2, -0.15) is 0 Å². The molecule has 112 valence electrons. The molecule has 0 radical (unpaired) electrons. The van der Waals surface area contributed by atoms with Crippen LogP contribution in [0.5, 0.6) is 0 Å². The first-order valence-corrected chi connectivity index (χ1v) is 7.52. The highest BCUT2D eigenvalue weighted by atomic mass is 35.5. The van der Waals surface area contributed by atoms with E-state index < -0.39 is 0 Å².